The van der Waals surface area contributed by atoms with Crippen LogP contribution in [-0.2, 0) is 0 Å². The smallest absolute Gasteiger partial charge is 0.139 e. The number of hydrogen-bond acceptors (Lipinski definition) is 4. The molecule has 0 bridgehead atoms. The Bertz CT molecular complexity index is 297. The summed E-state index contributed by atoms with van der Waals surface area (Å²) >= 11 is 0. The van der Waals surface area contributed by atoms with Gasteiger partial charge in [0.05, 0.1) is 0 Å². The lowest BCUT2D eigenvalue weighted by molar-refractivity contribution is 0.273. The van der Waals surface area contributed by atoms with E-state index in [2.05, 4.69) is 22.3 Å². The summed E-state index contributed by atoms with van der Waals surface area (Å²) in [6.45, 7) is 6.56. The molecule has 0 amide bonds. The second-order valence-corrected chi connectivity index (χ2v) is 5.80. The Hall–Kier alpha value is -0.810. The highest BCUT2D eigenvalue weighted by Gasteiger charge is 2.42. The highest BCUT2D eigenvalue weighted by atomic mass is 16.4. The third kappa shape index (κ3) is 3.85. The van der Waals surface area contributed by atoms with Crippen molar-refractivity contribution < 1.29 is 5.21 Å². The predicted octanol–water partition coefficient (Wildman–Crippen LogP) is 0.977. The van der Waals surface area contributed by atoms with Crippen LogP contribution in [0.1, 0.15) is 39.0 Å². The fourth-order valence-corrected chi connectivity index (χ4v) is 2.63. The normalized spacial score (nSPS) is 22.4. The first-order valence-electron chi connectivity index (χ1n) is 7.10. The molecule has 0 unspecified atom stereocenters. The molecule has 0 heterocycles. The highest BCUT2D eigenvalue weighted by molar-refractivity contribution is 5.80. The Balaban J connectivity index is 1.60. The molecule has 5 heteroatoms. The fourth-order valence-electron chi connectivity index (χ4n) is 2.63. The first-order valence-corrected chi connectivity index (χ1v) is 7.10. The van der Waals surface area contributed by atoms with Gasteiger partial charge in [-0.25, -0.2) is 0 Å². The zero-order chi connectivity index (χ0) is 13.0. The number of hydrogen-bond donors (Lipinski definition) is 3. The maximum Gasteiger partial charge on any atom is 0.139 e. The zero-order valence-corrected chi connectivity index (χ0v) is 11.4. The minimum absolute atomic E-state index is 0.271. The van der Waals surface area contributed by atoms with Gasteiger partial charge in [-0.2, -0.15) is 0 Å². The van der Waals surface area contributed by atoms with Crippen molar-refractivity contribution in [3.05, 3.63) is 0 Å². The van der Waals surface area contributed by atoms with Crippen molar-refractivity contribution in [3.8, 4) is 0 Å². The van der Waals surface area contributed by atoms with Crippen LogP contribution in [0.15, 0.2) is 5.16 Å². The first kappa shape index (κ1) is 13.6. The molecule has 0 saturated heterocycles. The van der Waals surface area contributed by atoms with E-state index >= 15 is 0 Å². The summed E-state index contributed by atoms with van der Waals surface area (Å²) in [4.78, 5) is 2.55. The van der Waals surface area contributed by atoms with E-state index in [0.717, 1.165) is 38.6 Å². The van der Waals surface area contributed by atoms with Gasteiger partial charge >= 0.3 is 0 Å². The van der Waals surface area contributed by atoms with Gasteiger partial charge in [-0.05, 0) is 37.6 Å². The molecule has 0 spiro atoms. The van der Waals surface area contributed by atoms with Crippen molar-refractivity contribution in [3.63, 3.8) is 0 Å². The third-order valence-corrected chi connectivity index (χ3v) is 4.19. The van der Waals surface area contributed by atoms with Crippen LogP contribution in [0.5, 0.6) is 0 Å². The van der Waals surface area contributed by atoms with Gasteiger partial charge in [-0.1, -0.05) is 12.1 Å². The van der Waals surface area contributed by atoms with E-state index < -0.39 is 0 Å². The van der Waals surface area contributed by atoms with Crippen LogP contribution in [0.3, 0.4) is 0 Å². The number of nitrogens with one attached hydrogen (secondary N) is 1. The SMILES string of the molecule is CCN(CCNCC1(CC(N)=NO)CC1)C1CC1. The molecule has 0 aromatic rings. The van der Waals surface area contributed by atoms with E-state index in [0.29, 0.717) is 5.84 Å². The van der Waals surface area contributed by atoms with Gasteiger partial charge in [0.15, 0.2) is 0 Å². The van der Waals surface area contributed by atoms with Gasteiger partial charge in [-0.15, -0.1) is 0 Å². The molecule has 0 aliphatic heterocycles. The second kappa shape index (κ2) is 5.89. The van der Waals surface area contributed by atoms with Gasteiger partial charge in [0.1, 0.15) is 5.84 Å². The molecule has 5 nitrogen and oxygen atoms in total. The molecular weight excluding hydrogens is 228 g/mol. The third-order valence-electron chi connectivity index (χ3n) is 4.19. The molecule has 0 aromatic heterocycles. The molecule has 0 atom stereocenters. The Morgan fingerprint density at radius 3 is 2.72 bits per heavy atom. The predicted molar refractivity (Wildman–Crippen MR) is 72.8 cm³/mol. The van der Waals surface area contributed by atoms with Crippen molar-refractivity contribution in [2.75, 3.05) is 26.2 Å². The minimum Gasteiger partial charge on any atom is -0.409 e. The monoisotopic (exact) mass is 254 g/mol. The van der Waals surface area contributed by atoms with E-state index in [1.54, 1.807) is 0 Å². The largest absolute Gasteiger partial charge is 0.409 e. The maximum absolute atomic E-state index is 8.61. The van der Waals surface area contributed by atoms with Crippen LogP contribution in [0, 0.1) is 5.41 Å². The molecule has 2 saturated carbocycles. The standard InChI is InChI=1S/C13H26N4O/c1-2-17(11-3-4-11)8-7-15-10-13(5-6-13)9-12(14)16-18/h11,15,18H,2-10H2,1H3,(H2,14,16). The van der Waals surface area contributed by atoms with Gasteiger partial charge in [0, 0.05) is 32.1 Å². The second-order valence-electron chi connectivity index (χ2n) is 5.80. The van der Waals surface area contributed by atoms with E-state index in [9.17, 15) is 0 Å². The average molecular weight is 254 g/mol. The number of nitrogens with zero attached hydrogens (tertiary/aromatic N) is 2. The Morgan fingerprint density at radius 2 is 2.22 bits per heavy atom. The summed E-state index contributed by atoms with van der Waals surface area (Å²) in [6, 6.07) is 0.851. The molecular formula is C13H26N4O. The average Bonchev–Trinajstić information content (AvgIpc) is 3.25. The van der Waals surface area contributed by atoms with E-state index in [-0.39, 0.29) is 5.41 Å². The quantitative estimate of drug-likeness (QED) is 0.188. The number of rotatable bonds is 9. The van der Waals surface area contributed by atoms with Crippen molar-refractivity contribution in [2.24, 2.45) is 16.3 Å². The number of oxime groups is 1. The van der Waals surface area contributed by atoms with Crippen LogP contribution < -0.4 is 11.1 Å². The molecule has 2 aliphatic carbocycles. The van der Waals surface area contributed by atoms with Crippen LogP contribution in [0.25, 0.3) is 0 Å². The minimum atomic E-state index is 0.271. The zero-order valence-electron chi connectivity index (χ0n) is 11.4. The summed E-state index contributed by atoms with van der Waals surface area (Å²) in [5.74, 6) is 0.363. The van der Waals surface area contributed by atoms with E-state index in [1.807, 2.05) is 0 Å². The van der Waals surface area contributed by atoms with Crippen molar-refractivity contribution in [1.82, 2.24) is 10.2 Å². The van der Waals surface area contributed by atoms with Crippen molar-refractivity contribution >= 4 is 5.84 Å². The van der Waals surface area contributed by atoms with E-state index in [1.165, 1.54) is 25.7 Å². The Morgan fingerprint density at radius 1 is 1.50 bits per heavy atom. The Kier molecular flexibility index (Phi) is 4.45. The molecule has 0 aromatic carbocycles. The first-order chi connectivity index (χ1) is 8.69. The summed E-state index contributed by atoms with van der Waals surface area (Å²) in [7, 11) is 0. The number of amidine groups is 1. The fraction of sp³-hybridized carbons (Fsp3) is 0.923. The summed E-state index contributed by atoms with van der Waals surface area (Å²) in [5.41, 5.74) is 5.86. The lowest BCUT2D eigenvalue weighted by Crippen LogP contribution is -2.36. The Labute approximate surface area is 109 Å². The van der Waals surface area contributed by atoms with Crippen LogP contribution in [0.2, 0.25) is 0 Å². The molecule has 4 N–H and O–H groups in total. The highest BCUT2D eigenvalue weighted by Crippen LogP contribution is 2.48. The van der Waals surface area contributed by atoms with Gasteiger partial charge < -0.3 is 16.3 Å². The molecule has 2 rings (SSSR count). The molecule has 2 fully saturated rings. The van der Waals surface area contributed by atoms with Crippen molar-refractivity contribution in [2.45, 2.75) is 45.1 Å². The van der Waals surface area contributed by atoms with Gasteiger partial charge in [0.2, 0.25) is 0 Å². The van der Waals surface area contributed by atoms with E-state index in [4.69, 9.17) is 10.9 Å². The number of nitrogens with two attached hydrogens (primary N) is 1. The summed E-state index contributed by atoms with van der Waals surface area (Å²) in [5, 5.41) is 15.2. The van der Waals surface area contributed by atoms with Gasteiger partial charge in [0.25, 0.3) is 0 Å². The summed E-state index contributed by atoms with van der Waals surface area (Å²) < 4.78 is 0. The maximum atomic E-state index is 8.61. The van der Waals surface area contributed by atoms with Crippen LogP contribution in [-0.4, -0.2) is 48.2 Å². The number of likely N-dealkylation sites (N-methyl/N-ethyl adjacent to an activating group) is 1. The summed E-state index contributed by atoms with van der Waals surface area (Å²) in [6.07, 6.45) is 5.85. The molecule has 0 radical (unpaired) electrons. The van der Waals surface area contributed by atoms with Crippen LogP contribution >= 0.6 is 0 Å². The van der Waals surface area contributed by atoms with Crippen LogP contribution in [0.4, 0.5) is 0 Å². The van der Waals surface area contributed by atoms with Crippen molar-refractivity contribution in [1.29, 1.82) is 0 Å². The topological polar surface area (TPSA) is 73.9 Å². The molecule has 2 aliphatic rings. The molecule has 18 heavy (non-hydrogen) atoms. The molecule has 104 valence electrons. The lowest BCUT2D eigenvalue weighted by Gasteiger charge is -2.21. The lowest BCUT2D eigenvalue weighted by atomic mass is 10.0. The van der Waals surface area contributed by atoms with Gasteiger partial charge in [-0.3, -0.25) is 4.90 Å².